The summed E-state index contributed by atoms with van der Waals surface area (Å²) in [4.78, 5) is 28.2. The number of nitrogens with two attached hydrogens (primary N) is 1. The maximum Gasteiger partial charge on any atom is 0.225 e. The van der Waals surface area contributed by atoms with Crippen molar-refractivity contribution in [1.29, 1.82) is 0 Å². The lowest BCUT2D eigenvalue weighted by Crippen LogP contribution is -2.42. The van der Waals surface area contributed by atoms with Crippen LogP contribution in [0.15, 0.2) is 0 Å². The molecule has 3 N–H and O–H groups in total. The van der Waals surface area contributed by atoms with Crippen LogP contribution in [0.5, 0.6) is 0 Å². The van der Waals surface area contributed by atoms with Gasteiger partial charge in [-0.2, -0.15) is 0 Å². The van der Waals surface area contributed by atoms with Gasteiger partial charge in [-0.1, -0.05) is 0 Å². The van der Waals surface area contributed by atoms with E-state index in [4.69, 9.17) is 10.5 Å². The van der Waals surface area contributed by atoms with Gasteiger partial charge in [-0.3, -0.25) is 14.5 Å². The van der Waals surface area contributed by atoms with Crippen LogP contribution in [0.3, 0.4) is 0 Å². The molecule has 2 aliphatic heterocycles. The summed E-state index contributed by atoms with van der Waals surface area (Å²) in [6.45, 7) is 7.95. The highest BCUT2D eigenvalue weighted by Crippen LogP contribution is 2.17. The summed E-state index contributed by atoms with van der Waals surface area (Å²) in [6, 6.07) is 0.0792. The molecule has 0 aromatic carbocycles. The van der Waals surface area contributed by atoms with Crippen molar-refractivity contribution in [2.24, 2.45) is 11.7 Å². The first kappa shape index (κ1) is 23.4. The van der Waals surface area contributed by atoms with Gasteiger partial charge in [0.15, 0.2) is 0 Å². The molecule has 0 spiro atoms. The molecule has 0 radical (unpaired) electrons. The lowest BCUT2D eigenvalue weighted by molar-refractivity contribution is -0.129. The molecule has 2 saturated heterocycles. The topological polar surface area (TPSA) is 87.9 Å². The van der Waals surface area contributed by atoms with Crippen molar-refractivity contribution in [3.8, 4) is 0 Å². The lowest BCUT2D eigenvalue weighted by atomic mass is 10.1. The number of rotatable bonds is 7. The Morgan fingerprint density at radius 3 is 2.62 bits per heavy atom. The van der Waals surface area contributed by atoms with E-state index in [1.54, 1.807) is 0 Å². The minimum Gasteiger partial charge on any atom is -0.379 e. The van der Waals surface area contributed by atoms with E-state index in [9.17, 15) is 9.59 Å². The van der Waals surface area contributed by atoms with E-state index < -0.39 is 0 Å². The minimum absolute atomic E-state index is 0. The molecule has 0 aliphatic carbocycles. The number of hydrogen-bond donors (Lipinski definition) is 2. The molecule has 7 nitrogen and oxygen atoms in total. The number of nitrogens with zero attached hydrogens (tertiary/aromatic N) is 2. The highest BCUT2D eigenvalue weighted by atomic mass is 35.5. The van der Waals surface area contributed by atoms with Crippen LogP contribution < -0.4 is 11.1 Å². The SMILES string of the molecule is CC(N)CCNC(=O)C1CC(=O)N(CCN2CCOCC2)C1.Cl.Cl. The number of hydrogen-bond acceptors (Lipinski definition) is 5. The number of amides is 2. The molecule has 2 amide bonds. The van der Waals surface area contributed by atoms with Crippen molar-refractivity contribution >= 4 is 36.6 Å². The third-order valence-electron chi connectivity index (χ3n) is 4.27. The van der Waals surface area contributed by atoms with Crippen molar-refractivity contribution in [1.82, 2.24) is 15.1 Å². The van der Waals surface area contributed by atoms with E-state index in [1.807, 2.05) is 11.8 Å². The van der Waals surface area contributed by atoms with Gasteiger partial charge < -0.3 is 20.7 Å². The summed E-state index contributed by atoms with van der Waals surface area (Å²) in [6.07, 6.45) is 1.08. The maximum atomic E-state index is 12.1. The molecule has 0 aromatic heterocycles. The molecule has 2 heterocycles. The van der Waals surface area contributed by atoms with Crippen molar-refractivity contribution < 1.29 is 14.3 Å². The van der Waals surface area contributed by atoms with Crippen LogP contribution in [0.1, 0.15) is 19.8 Å². The summed E-state index contributed by atoms with van der Waals surface area (Å²) in [7, 11) is 0. The van der Waals surface area contributed by atoms with Crippen LogP contribution in [0, 0.1) is 5.92 Å². The first-order valence-corrected chi connectivity index (χ1v) is 8.17. The monoisotopic (exact) mass is 384 g/mol. The predicted octanol–water partition coefficient (Wildman–Crippen LogP) is -0.136. The lowest BCUT2D eigenvalue weighted by Gasteiger charge is -2.28. The van der Waals surface area contributed by atoms with Gasteiger partial charge in [0.1, 0.15) is 0 Å². The van der Waals surface area contributed by atoms with Crippen LogP contribution in [0.2, 0.25) is 0 Å². The molecule has 9 heteroatoms. The summed E-state index contributed by atoms with van der Waals surface area (Å²) >= 11 is 0. The average Bonchev–Trinajstić information content (AvgIpc) is 2.87. The van der Waals surface area contributed by atoms with Gasteiger partial charge in [-0.15, -0.1) is 24.8 Å². The molecule has 2 atom stereocenters. The predicted molar refractivity (Wildman–Crippen MR) is 97.7 cm³/mol. The first-order chi connectivity index (χ1) is 10.6. The molecular weight excluding hydrogens is 355 g/mol. The molecule has 24 heavy (non-hydrogen) atoms. The van der Waals surface area contributed by atoms with Gasteiger partial charge in [-0.25, -0.2) is 0 Å². The number of halogens is 2. The Morgan fingerprint density at radius 2 is 2.00 bits per heavy atom. The standard InChI is InChI=1S/C15H28N4O3.2ClH/c1-12(16)2-3-17-15(21)13-10-14(20)19(11-13)5-4-18-6-8-22-9-7-18;;/h12-13H,2-11,16H2,1H3,(H,17,21);2*1H. The largest absolute Gasteiger partial charge is 0.379 e. The van der Waals surface area contributed by atoms with E-state index in [-0.39, 0.29) is 48.6 Å². The summed E-state index contributed by atoms with van der Waals surface area (Å²) in [5, 5.41) is 2.88. The van der Waals surface area contributed by atoms with E-state index in [1.165, 1.54) is 0 Å². The van der Waals surface area contributed by atoms with Crippen molar-refractivity contribution in [3.05, 3.63) is 0 Å². The Morgan fingerprint density at radius 1 is 1.33 bits per heavy atom. The van der Waals surface area contributed by atoms with Gasteiger partial charge in [0.25, 0.3) is 0 Å². The van der Waals surface area contributed by atoms with Crippen LogP contribution in [-0.2, 0) is 14.3 Å². The summed E-state index contributed by atoms with van der Waals surface area (Å²) in [5.74, 6) is -0.159. The Labute approximate surface area is 156 Å². The first-order valence-electron chi connectivity index (χ1n) is 8.17. The normalized spacial score (nSPS) is 22.5. The fraction of sp³-hybridized carbons (Fsp3) is 0.867. The number of likely N-dealkylation sites (tertiary alicyclic amines) is 1. The zero-order valence-electron chi connectivity index (χ0n) is 14.2. The van der Waals surface area contributed by atoms with E-state index in [0.29, 0.717) is 26.1 Å². The molecule has 0 saturated carbocycles. The molecule has 2 fully saturated rings. The minimum atomic E-state index is -0.217. The van der Waals surface area contributed by atoms with Crippen LogP contribution in [-0.4, -0.2) is 80.1 Å². The average molecular weight is 385 g/mol. The second kappa shape index (κ2) is 11.9. The van der Waals surface area contributed by atoms with Gasteiger partial charge in [0.05, 0.1) is 19.1 Å². The number of nitrogens with one attached hydrogen (secondary N) is 1. The van der Waals surface area contributed by atoms with Crippen LogP contribution in [0.25, 0.3) is 0 Å². The van der Waals surface area contributed by atoms with E-state index in [2.05, 4.69) is 10.2 Å². The van der Waals surface area contributed by atoms with Crippen molar-refractivity contribution in [3.63, 3.8) is 0 Å². The molecule has 142 valence electrons. The van der Waals surface area contributed by atoms with Gasteiger partial charge in [-0.05, 0) is 13.3 Å². The fourth-order valence-electron chi connectivity index (χ4n) is 2.82. The van der Waals surface area contributed by atoms with E-state index >= 15 is 0 Å². The van der Waals surface area contributed by atoms with Crippen molar-refractivity contribution in [2.75, 3.05) is 52.5 Å². The second-order valence-corrected chi connectivity index (χ2v) is 6.25. The number of carbonyl (C=O) groups is 2. The summed E-state index contributed by atoms with van der Waals surface area (Å²) in [5.41, 5.74) is 5.66. The number of carbonyl (C=O) groups excluding carboxylic acids is 2. The highest BCUT2D eigenvalue weighted by Gasteiger charge is 2.34. The van der Waals surface area contributed by atoms with Crippen LogP contribution >= 0.6 is 24.8 Å². The molecular formula is C15H30Cl2N4O3. The molecule has 2 unspecified atom stereocenters. The van der Waals surface area contributed by atoms with Gasteiger partial charge in [0, 0.05) is 51.7 Å². The highest BCUT2D eigenvalue weighted by molar-refractivity contribution is 5.89. The Hall–Kier alpha value is -0.600. The van der Waals surface area contributed by atoms with Gasteiger partial charge >= 0.3 is 0 Å². The van der Waals surface area contributed by atoms with E-state index in [0.717, 1.165) is 39.3 Å². The fourth-order valence-corrected chi connectivity index (χ4v) is 2.82. The molecule has 2 aliphatic rings. The maximum absolute atomic E-state index is 12.1. The third-order valence-corrected chi connectivity index (χ3v) is 4.27. The number of morpholine rings is 1. The second-order valence-electron chi connectivity index (χ2n) is 6.25. The Bertz CT molecular complexity index is 393. The van der Waals surface area contributed by atoms with Crippen LogP contribution in [0.4, 0.5) is 0 Å². The van der Waals surface area contributed by atoms with Gasteiger partial charge in [0.2, 0.25) is 11.8 Å². The number of ether oxygens (including phenoxy) is 1. The Balaban J connectivity index is 0.00000264. The smallest absolute Gasteiger partial charge is 0.225 e. The molecule has 0 bridgehead atoms. The third kappa shape index (κ3) is 7.53. The zero-order valence-corrected chi connectivity index (χ0v) is 15.9. The van der Waals surface area contributed by atoms with Crippen molar-refractivity contribution in [2.45, 2.75) is 25.8 Å². The summed E-state index contributed by atoms with van der Waals surface area (Å²) < 4.78 is 5.31. The quantitative estimate of drug-likeness (QED) is 0.637. The molecule has 0 aromatic rings. The zero-order chi connectivity index (χ0) is 15.9. The molecule has 2 rings (SSSR count). The Kier molecular flexibility index (Phi) is 11.6.